The number of nitrogens with two attached hydrogens (primary N) is 1. The third-order valence-electron chi connectivity index (χ3n) is 3.07. The van der Waals surface area contributed by atoms with Gasteiger partial charge >= 0.3 is 0 Å². The zero-order valence-corrected chi connectivity index (χ0v) is 9.63. The molecule has 0 aliphatic carbocycles. The second-order valence-corrected chi connectivity index (χ2v) is 4.50. The summed E-state index contributed by atoms with van der Waals surface area (Å²) in [4.78, 5) is 2.47. The Bertz CT molecular complexity index is 141. The number of hydrogen-bond acceptors (Lipinski definition) is 3. The lowest BCUT2D eigenvalue weighted by molar-refractivity contribution is 0.217. The molecule has 1 aliphatic heterocycles. The fourth-order valence-corrected chi connectivity index (χ4v) is 2.12. The van der Waals surface area contributed by atoms with E-state index in [9.17, 15) is 0 Å². The van der Waals surface area contributed by atoms with E-state index in [1.807, 2.05) is 0 Å². The Labute approximate surface area is 88.0 Å². The van der Waals surface area contributed by atoms with E-state index in [1.54, 1.807) is 0 Å². The van der Waals surface area contributed by atoms with Crippen molar-refractivity contribution >= 4 is 0 Å². The molecule has 0 saturated carbocycles. The second-order valence-electron chi connectivity index (χ2n) is 4.50. The molecule has 1 atom stereocenters. The summed E-state index contributed by atoms with van der Waals surface area (Å²) in [6, 6.07) is 1.38. The minimum Gasteiger partial charge on any atom is -0.329 e. The van der Waals surface area contributed by atoms with Crippen LogP contribution in [-0.2, 0) is 0 Å². The maximum Gasteiger partial charge on any atom is 0.0107 e. The molecule has 14 heavy (non-hydrogen) atoms. The van der Waals surface area contributed by atoms with Gasteiger partial charge in [-0.3, -0.25) is 4.90 Å². The zero-order chi connectivity index (χ0) is 10.4. The van der Waals surface area contributed by atoms with E-state index in [0.29, 0.717) is 6.04 Å². The van der Waals surface area contributed by atoms with Crippen LogP contribution in [0.25, 0.3) is 0 Å². The third-order valence-corrected chi connectivity index (χ3v) is 3.07. The first-order chi connectivity index (χ1) is 6.74. The number of rotatable bonds is 6. The van der Waals surface area contributed by atoms with Crippen molar-refractivity contribution in [3.8, 4) is 0 Å². The molecule has 0 aromatic rings. The van der Waals surface area contributed by atoms with Crippen molar-refractivity contribution < 1.29 is 0 Å². The summed E-state index contributed by atoms with van der Waals surface area (Å²) in [5.41, 5.74) is 5.59. The van der Waals surface area contributed by atoms with Crippen LogP contribution in [0, 0.1) is 0 Å². The van der Waals surface area contributed by atoms with Gasteiger partial charge in [-0.15, -0.1) is 0 Å². The van der Waals surface area contributed by atoms with Crippen molar-refractivity contribution in [1.29, 1.82) is 0 Å². The smallest absolute Gasteiger partial charge is 0.0107 e. The summed E-state index contributed by atoms with van der Waals surface area (Å²) in [6.45, 7) is 8.70. The molecule has 3 heteroatoms. The van der Waals surface area contributed by atoms with Crippen LogP contribution >= 0.6 is 0 Å². The van der Waals surface area contributed by atoms with Crippen LogP contribution in [-0.4, -0.2) is 43.2 Å². The summed E-state index contributed by atoms with van der Waals surface area (Å²) < 4.78 is 0. The van der Waals surface area contributed by atoms with E-state index in [0.717, 1.165) is 19.1 Å². The van der Waals surface area contributed by atoms with E-state index in [4.69, 9.17) is 5.73 Å². The first-order valence-corrected chi connectivity index (χ1v) is 5.91. The molecule has 0 aromatic heterocycles. The maximum absolute atomic E-state index is 5.59. The van der Waals surface area contributed by atoms with Gasteiger partial charge in [0.2, 0.25) is 0 Å². The lowest BCUT2D eigenvalue weighted by atomic mass is 10.1. The Hall–Kier alpha value is -0.120. The first-order valence-electron chi connectivity index (χ1n) is 5.91. The van der Waals surface area contributed by atoms with E-state index in [2.05, 4.69) is 24.1 Å². The van der Waals surface area contributed by atoms with Crippen molar-refractivity contribution in [3.05, 3.63) is 0 Å². The maximum atomic E-state index is 5.59. The van der Waals surface area contributed by atoms with E-state index in [-0.39, 0.29) is 0 Å². The molecular formula is C11H25N3. The Balaban J connectivity index is 2.17. The molecular weight excluding hydrogens is 174 g/mol. The normalized spacial score (nSPS) is 22.5. The Morgan fingerprint density at radius 3 is 2.71 bits per heavy atom. The van der Waals surface area contributed by atoms with Crippen molar-refractivity contribution in [1.82, 2.24) is 10.2 Å². The third kappa shape index (κ3) is 3.95. The predicted molar refractivity (Wildman–Crippen MR) is 61.4 cm³/mol. The minimum atomic E-state index is 0.625. The summed E-state index contributed by atoms with van der Waals surface area (Å²) in [7, 11) is 0. The van der Waals surface area contributed by atoms with Gasteiger partial charge in [0.1, 0.15) is 0 Å². The van der Waals surface area contributed by atoms with Gasteiger partial charge in [-0.2, -0.15) is 0 Å². The highest BCUT2D eigenvalue weighted by Crippen LogP contribution is 2.10. The Kier molecular flexibility index (Phi) is 5.45. The van der Waals surface area contributed by atoms with Crippen LogP contribution in [0.4, 0.5) is 0 Å². The SMILES string of the molecule is CC(C)N(CCN)CCC1CCCN1. The first kappa shape index (κ1) is 12.0. The molecule has 1 rings (SSSR count). The highest BCUT2D eigenvalue weighted by molar-refractivity contribution is 4.76. The van der Waals surface area contributed by atoms with Crippen LogP contribution in [0.1, 0.15) is 33.1 Å². The summed E-state index contributed by atoms with van der Waals surface area (Å²) >= 11 is 0. The van der Waals surface area contributed by atoms with Crippen LogP contribution < -0.4 is 11.1 Å². The van der Waals surface area contributed by atoms with Crippen molar-refractivity contribution in [2.75, 3.05) is 26.2 Å². The molecule has 0 bridgehead atoms. The predicted octanol–water partition coefficient (Wildman–Crippen LogP) is 0.798. The number of nitrogens with zero attached hydrogens (tertiary/aromatic N) is 1. The summed E-state index contributed by atoms with van der Waals surface area (Å²) in [5, 5.41) is 3.54. The van der Waals surface area contributed by atoms with Gasteiger partial charge in [-0.1, -0.05) is 0 Å². The fourth-order valence-electron chi connectivity index (χ4n) is 2.12. The molecule has 1 aliphatic rings. The average Bonchev–Trinajstić information content (AvgIpc) is 2.64. The molecule has 0 amide bonds. The minimum absolute atomic E-state index is 0.625. The molecule has 0 spiro atoms. The van der Waals surface area contributed by atoms with Crippen LogP contribution in [0.2, 0.25) is 0 Å². The van der Waals surface area contributed by atoms with E-state index in [1.165, 1.54) is 32.4 Å². The number of hydrogen-bond donors (Lipinski definition) is 2. The van der Waals surface area contributed by atoms with Crippen molar-refractivity contribution in [2.45, 2.75) is 45.2 Å². The van der Waals surface area contributed by atoms with Crippen molar-refractivity contribution in [2.24, 2.45) is 5.73 Å². The second kappa shape index (κ2) is 6.38. The summed E-state index contributed by atoms with van der Waals surface area (Å²) in [6.07, 6.45) is 3.98. The highest BCUT2D eigenvalue weighted by atomic mass is 15.2. The van der Waals surface area contributed by atoms with Gasteiger partial charge in [-0.05, 0) is 46.2 Å². The summed E-state index contributed by atoms with van der Waals surface area (Å²) in [5.74, 6) is 0. The molecule has 0 radical (unpaired) electrons. The molecule has 0 aromatic carbocycles. The van der Waals surface area contributed by atoms with E-state index >= 15 is 0 Å². The van der Waals surface area contributed by atoms with Gasteiger partial charge < -0.3 is 11.1 Å². The lowest BCUT2D eigenvalue weighted by Crippen LogP contribution is -2.38. The van der Waals surface area contributed by atoms with Gasteiger partial charge in [0.05, 0.1) is 0 Å². The molecule has 1 heterocycles. The van der Waals surface area contributed by atoms with Gasteiger partial charge in [0.25, 0.3) is 0 Å². The number of nitrogens with one attached hydrogen (secondary N) is 1. The Morgan fingerprint density at radius 1 is 1.43 bits per heavy atom. The lowest BCUT2D eigenvalue weighted by Gasteiger charge is -2.27. The van der Waals surface area contributed by atoms with Crippen LogP contribution in [0.3, 0.4) is 0 Å². The van der Waals surface area contributed by atoms with Crippen LogP contribution in [0.5, 0.6) is 0 Å². The fraction of sp³-hybridized carbons (Fsp3) is 1.00. The van der Waals surface area contributed by atoms with Gasteiger partial charge in [0.15, 0.2) is 0 Å². The Morgan fingerprint density at radius 2 is 2.21 bits per heavy atom. The molecule has 3 nitrogen and oxygen atoms in total. The molecule has 84 valence electrons. The standard InChI is InChI=1S/C11H25N3/c1-10(2)14(9-6-12)8-5-11-4-3-7-13-11/h10-11,13H,3-9,12H2,1-2H3. The van der Waals surface area contributed by atoms with Crippen LogP contribution in [0.15, 0.2) is 0 Å². The van der Waals surface area contributed by atoms with Crippen molar-refractivity contribution in [3.63, 3.8) is 0 Å². The van der Waals surface area contributed by atoms with Gasteiger partial charge in [-0.25, -0.2) is 0 Å². The molecule has 1 saturated heterocycles. The van der Waals surface area contributed by atoms with Gasteiger partial charge in [0, 0.05) is 25.2 Å². The van der Waals surface area contributed by atoms with E-state index < -0.39 is 0 Å². The largest absolute Gasteiger partial charge is 0.329 e. The molecule has 1 unspecified atom stereocenters. The topological polar surface area (TPSA) is 41.3 Å². The molecule has 1 fully saturated rings. The average molecular weight is 199 g/mol. The quantitative estimate of drug-likeness (QED) is 0.665. The monoisotopic (exact) mass is 199 g/mol. The zero-order valence-electron chi connectivity index (χ0n) is 9.63. The molecule has 3 N–H and O–H groups in total. The highest BCUT2D eigenvalue weighted by Gasteiger charge is 2.16.